The normalized spacial score (nSPS) is 17.5. The molecule has 1 N–H and O–H groups in total. The van der Waals surface area contributed by atoms with E-state index in [1.165, 1.54) is 0 Å². The van der Waals surface area contributed by atoms with Crippen LogP contribution in [-0.2, 0) is 16.0 Å². The second-order valence-electron chi connectivity index (χ2n) is 7.69. The fourth-order valence-electron chi connectivity index (χ4n) is 4.19. The molecule has 6 nitrogen and oxygen atoms in total. The Morgan fingerprint density at radius 2 is 1.83 bits per heavy atom. The van der Waals surface area contributed by atoms with Crippen LogP contribution in [0.15, 0.2) is 42.5 Å². The van der Waals surface area contributed by atoms with Crippen molar-refractivity contribution in [3.63, 3.8) is 0 Å². The third-order valence-corrected chi connectivity index (χ3v) is 6.07. The molecule has 2 aromatic rings. The van der Waals surface area contributed by atoms with E-state index in [4.69, 9.17) is 16.3 Å². The summed E-state index contributed by atoms with van der Waals surface area (Å²) in [5.74, 6) is -0.0754. The number of hydrogen-bond donors (Lipinski definition) is 1. The van der Waals surface area contributed by atoms with Crippen molar-refractivity contribution in [2.75, 3.05) is 44.3 Å². The van der Waals surface area contributed by atoms with Crippen molar-refractivity contribution in [1.29, 1.82) is 0 Å². The van der Waals surface area contributed by atoms with Gasteiger partial charge in [-0.2, -0.15) is 0 Å². The zero-order valence-corrected chi connectivity index (χ0v) is 17.8. The maximum atomic E-state index is 12.9. The van der Waals surface area contributed by atoms with E-state index in [0.717, 1.165) is 36.3 Å². The first kappa shape index (κ1) is 20.8. The van der Waals surface area contributed by atoms with Crippen LogP contribution in [-0.4, -0.2) is 56.1 Å². The van der Waals surface area contributed by atoms with E-state index >= 15 is 0 Å². The summed E-state index contributed by atoms with van der Waals surface area (Å²) < 4.78 is 5.49. The molecule has 2 amide bonds. The number of hydrogen-bond acceptors (Lipinski definition) is 4. The minimum atomic E-state index is -0.105. The lowest BCUT2D eigenvalue weighted by molar-refractivity contribution is -0.116. The number of ether oxygens (including phenoxy) is 1. The number of benzene rings is 2. The molecule has 30 heavy (non-hydrogen) atoms. The molecule has 1 atom stereocenters. The Bertz CT molecular complexity index is 926. The lowest BCUT2D eigenvalue weighted by Crippen LogP contribution is -2.43. The molecule has 0 aromatic heterocycles. The topological polar surface area (TPSA) is 61.9 Å². The number of halogens is 1. The molecular formula is C23H26ClN3O3. The number of carbonyl (C=O) groups is 2. The predicted molar refractivity (Wildman–Crippen MR) is 117 cm³/mol. The minimum Gasteiger partial charge on any atom is -0.379 e. The summed E-state index contributed by atoms with van der Waals surface area (Å²) in [6, 6.07) is 13.4. The Hall–Kier alpha value is -2.41. The monoisotopic (exact) mass is 427 g/mol. The molecule has 0 unspecified atom stereocenters. The van der Waals surface area contributed by atoms with Crippen LogP contribution in [0.2, 0.25) is 5.02 Å². The third-order valence-electron chi connectivity index (χ3n) is 5.81. The van der Waals surface area contributed by atoms with Gasteiger partial charge in [0, 0.05) is 49.4 Å². The molecule has 158 valence electrons. The van der Waals surface area contributed by atoms with Gasteiger partial charge in [0.15, 0.2) is 0 Å². The molecule has 0 radical (unpaired) electrons. The van der Waals surface area contributed by atoms with Crippen molar-refractivity contribution in [3.05, 3.63) is 64.2 Å². The Labute approximate surface area is 181 Å². The van der Waals surface area contributed by atoms with Crippen LogP contribution in [0.4, 0.5) is 5.69 Å². The summed E-state index contributed by atoms with van der Waals surface area (Å²) in [5.41, 5.74) is 3.69. The van der Waals surface area contributed by atoms with Crippen LogP contribution >= 0.6 is 11.6 Å². The molecule has 2 aromatic carbocycles. The Balaban J connectivity index is 1.47. The summed E-state index contributed by atoms with van der Waals surface area (Å²) in [6.45, 7) is 5.76. The highest BCUT2D eigenvalue weighted by Gasteiger charge is 2.25. The van der Waals surface area contributed by atoms with Gasteiger partial charge < -0.3 is 15.0 Å². The van der Waals surface area contributed by atoms with Crippen molar-refractivity contribution < 1.29 is 14.3 Å². The zero-order chi connectivity index (χ0) is 21.1. The van der Waals surface area contributed by atoms with Gasteiger partial charge in [-0.3, -0.25) is 14.5 Å². The highest BCUT2D eigenvalue weighted by Crippen LogP contribution is 2.29. The van der Waals surface area contributed by atoms with Gasteiger partial charge in [-0.25, -0.2) is 0 Å². The highest BCUT2D eigenvalue weighted by atomic mass is 35.5. The number of anilines is 1. The Morgan fingerprint density at radius 3 is 2.53 bits per heavy atom. The van der Waals surface area contributed by atoms with Crippen molar-refractivity contribution in [1.82, 2.24) is 10.2 Å². The fraction of sp³-hybridized carbons (Fsp3) is 0.391. The van der Waals surface area contributed by atoms with E-state index in [1.807, 2.05) is 36.4 Å². The molecule has 0 saturated carbocycles. The van der Waals surface area contributed by atoms with Gasteiger partial charge in [-0.15, -0.1) is 0 Å². The Morgan fingerprint density at radius 1 is 1.10 bits per heavy atom. The first-order valence-corrected chi connectivity index (χ1v) is 10.7. The summed E-state index contributed by atoms with van der Waals surface area (Å²) >= 11 is 6.06. The van der Waals surface area contributed by atoms with Crippen molar-refractivity contribution in [2.45, 2.75) is 19.4 Å². The molecule has 1 saturated heterocycles. The van der Waals surface area contributed by atoms with Gasteiger partial charge in [0.2, 0.25) is 5.91 Å². The van der Waals surface area contributed by atoms with Crippen LogP contribution in [0, 0.1) is 0 Å². The molecule has 2 aliphatic rings. The van der Waals surface area contributed by atoms with Crippen molar-refractivity contribution in [3.8, 4) is 0 Å². The summed E-state index contributed by atoms with van der Waals surface area (Å²) in [4.78, 5) is 28.7. The predicted octanol–water partition coefficient (Wildman–Crippen LogP) is 3.05. The quantitative estimate of drug-likeness (QED) is 0.796. The number of nitrogens with zero attached hydrogens (tertiary/aromatic N) is 2. The van der Waals surface area contributed by atoms with Gasteiger partial charge >= 0.3 is 0 Å². The van der Waals surface area contributed by atoms with Crippen LogP contribution in [0.3, 0.4) is 0 Å². The molecule has 2 heterocycles. The van der Waals surface area contributed by atoms with Gasteiger partial charge in [0.1, 0.15) is 0 Å². The molecule has 7 heteroatoms. The highest BCUT2D eigenvalue weighted by molar-refractivity contribution is 6.30. The number of rotatable bonds is 5. The lowest BCUT2D eigenvalue weighted by atomic mass is 10.0. The summed E-state index contributed by atoms with van der Waals surface area (Å²) in [5, 5.41) is 3.80. The molecule has 0 aliphatic carbocycles. The van der Waals surface area contributed by atoms with Crippen LogP contribution in [0.5, 0.6) is 0 Å². The van der Waals surface area contributed by atoms with Crippen LogP contribution in [0.1, 0.15) is 34.5 Å². The van der Waals surface area contributed by atoms with Gasteiger partial charge in [-0.1, -0.05) is 23.7 Å². The number of morpholine rings is 1. The smallest absolute Gasteiger partial charge is 0.251 e. The average molecular weight is 428 g/mol. The standard InChI is InChI=1S/C23H26ClN3O3/c1-16(28)27-9-8-18-14-19(4-7-21(18)27)23(29)25-15-22(26-10-12-30-13-11-26)17-2-5-20(24)6-3-17/h2-7,14,22H,8-13,15H2,1H3,(H,25,29)/t22-/m0/s1. The first-order valence-electron chi connectivity index (χ1n) is 10.3. The fourth-order valence-corrected chi connectivity index (χ4v) is 4.32. The maximum Gasteiger partial charge on any atom is 0.251 e. The molecule has 1 fully saturated rings. The molecule has 4 rings (SSSR count). The van der Waals surface area contributed by atoms with Crippen molar-refractivity contribution >= 4 is 29.1 Å². The first-order chi connectivity index (χ1) is 14.5. The second-order valence-corrected chi connectivity index (χ2v) is 8.13. The van der Waals surface area contributed by atoms with E-state index in [0.29, 0.717) is 36.9 Å². The third kappa shape index (κ3) is 4.51. The van der Waals surface area contributed by atoms with Crippen LogP contribution in [0.25, 0.3) is 0 Å². The molecular weight excluding hydrogens is 402 g/mol. The Kier molecular flexibility index (Phi) is 6.37. The summed E-state index contributed by atoms with van der Waals surface area (Å²) in [7, 11) is 0. The minimum absolute atomic E-state index is 0.0299. The zero-order valence-electron chi connectivity index (χ0n) is 17.1. The molecule has 0 bridgehead atoms. The maximum absolute atomic E-state index is 12.9. The average Bonchev–Trinajstić information content (AvgIpc) is 3.19. The molecule has 0 spiro atoms. The van der Waals surface area contributed by atoms with E-state index < -0.39 is 0 Å². The van der Waals surface area contributed by atoms with Crippen LogP contribution < -0.4 is 10.2 Å². The number of amides is 2. The number of carbonyl (C=O) groups excluding carboxylic acids is 2. The van der Waals surface area contributed by atoms with Gasteiger partial charge in [0.25, 0.3) is 5.91 Å². The number of nitrogens with one attached hydrogen (secondary N) is 1. The SMILES string of the molecule is CC(=O)N1CCc2cc(C(=O)NC[C@@H](c3ccc(Cl)cc3)N3CCOCC3)ccc21. The van der Waals surface area contributed by atoms with Gasteiger partial charge in [0.05, 0.1) is 19.3 Å². The van der Waals surface area contributed by atoms with E-state index in [1.54, 1.807) is 17.9 Å². The van der Waals surface area contributed by atoms with E-state index in [-0.39, 0.29) is 17.9 Å². The van der Waals surface area contributed by atoms with Crippen molar-refractivity contribution in [2.24, 2.45) is 0 Å². The summed E-state index contributed by atoms with van der Waals surface area (Å²) in [6.07, 6.45) is 0.775. The number of fused-ring (bicyclic) bond motifs is 1. The lowest BCUT2D eigenvalue weighted by Gasteiger charge is -2.35. The largest absolute Gasteiger partial charge is 0.379 e. The molecule has 2 aliphatic heterocycles. The van der Waals surface area contributed by atoms with Gasteiger partial charge in [-0.05, 0) is 47.9 Å². The van der Waals surface area contributed by atoms with E-state index in [9.17, 15) is 9.59 Å². The second kappa shape index (κ2) is 9.16. The van der Waals surface area contributed by atoms with E-state index in [2.05, 4.69) is 10.2 Å².